The molecule has 0 atom stereocenters. The van der Waals surface area contributed by atoms with E-state index in [1.54, 1.807) is 6.08 Å². The lowest BCUT2D eigenvalue weighted by Gasteiger charge is -2.28. The van der Waals surface area contributed by atoms with Crippen molar-refractivity contribution in [3.05, 3.63) is 59.2 Å². The molecule has 164 valence electrons. The topological polar surface area (TPSA) is 104 Å². The third kappa shape index (κ3) is 5.28. The number of rotatable bonds is 9. The Bertz CT molecular complexity index is 955. The maximum Gasteiger partial charge on any atom is 0.341 e. The maximum atomic E-state index is 13.0. The van der Waals surface area contributed by atoms with Gasteiger partial charge >= 0.3 is 11.9 Å². The summed E-state index contributed by atoms with van der Waals surface area (Å²) in [7, 11) is 0. The smallest absolute Gasteiger partial charge is 0.341 e. The van der Waals surface area contributed by atoms with Gasteiger partial charge in [0, 0.05) is 30.4 Å². The van der Waals surface area contributed by atoms with Gasteiger partial charge in [-0.05, 0) is 50.1 Å². The molecule has 1 aromatic carbocycles. The molecule has 1 aliphatic heterocycles. The van der Waals surface area contributed by atoms with Crippen LogP contribution < -0.4 is 4.90 Å². The Kier molecular flexibility index (Phi) is 7.90. The van der Waals surface area contributed by atoms with Crippen molar-refractivity contribution in [1.82, 2.24) is 4.90 Å². The largest absolute Gasteiger partial charge is 0.477 e. The number of hydrogen-bond donors (Lipinski definition) is 1. The molecule has 1 heterocycles. The summed E-state index contributed by atoms with van der Waals surface area (Å²) in [4.78, 5) is 51.4. The van der Waals surface area contributed by atoms with Gasteiger partial charge < -0.3 is 14.7 Å². The number of amides is 2. The van der Waals surface area contributed by atoms with Crippen LogP contribution in [0.2, 0.25) is 0 Å². The van der Waals surface area contributed by atoms with Gasteiger partial charge in [-0.1, -0.05) is 18.7 Å². The predicted molar refractivity (Wildman–Crippen MR) is 116 cm³/mol. The number of esters is 1. The quantitative estimate of drug-likeness (QED) is 0.280. The standard InChI is InChI=1S/C23H26N2O6/c1-5-19(26)31-13-12-25-21(27)18(15(4)20(22(25)28)23(29)30)14-16-8-10-17(11-9-16)24(6-2)7-3/h5,8-11,14H,1,6-7,12-13H2,2-4H3,(H,29,30)/b18-14-. The van der Waals surface area contributed by atoms with E-state index in [0.717, 1.165) is 29.8 Å². The van der Waals surface area contributed by atoms with Crippen LogP contribution in [0.3, 0.4) is 0 Å². The van der Waals surface area contributed by atoms with Crippen molar-refractivity contribution in [2.45, 2.75) is 20.8 Å². The van der Waals surface area contributed by atoms with E-state index >= 15 is 0 Å². The molecule has 2 rings (SSSR count). The van der Waals surface area contributed by atoms with Crippen LogP contribution in [0.4, 0.5) is 5.69 Å². The van der Waals surface area contributed by atoms with Gasteiger partial charge in [0.2, 0.25) is 0 Å². The fraction of sp³-hybridized carbons (Fsp3) is 0.304. The normalized spacial score (nSPS) is 15.3. The Morgan fingerprint density at radius 2 is 1.74 bits per heavy atom. The van der Waals surface area contributed by atoms with Crippen LogP contribution in [-0.4, -0.2) is 60.0 Å². The van der Waals surface area contributed by atoms with Gasteiger partial charge in [0.1, 0.15) is 12.2 Å². The molecule has 31 heavy (non-hydrogen) atoms. The summed E-state index contributed by atoms with van der Waals surface area (Å²) < 4.78 is 4.83. The number of carboxylic acid groups (broad SMARTS) is 1. The van der Waals surface area contributed by atoms with Gasteiger partial charge in [0.15, 0.2) is 0 Å². The summed E-state index contributed by atoms with van der Waals surface area (Å²) in [5.74, 6) is -3.70. The lowest BCUT2D eigenvalue weighted by atomic mass is 9.93. The molecule has 8 nitrogen and oxygen atoms in total. The first kappa shape index (κ1) is 23.6. The SMILES string of the molecule is C=CC(=O)OCCN1C(=O)C(C(=O)O)=C(C)/C(=C/c2ccc(N(CC)CC)cc2)C1=O. The first-order chi connectivity index (χ1) is 14.7. The highest BCUT2D eigenvalue weighted by Gasteiger charge is 2.38. The zero-order valence-electron chi connectivity index (χ0n) is 17.9. The third-order valence-corrected chi connectivity index (χ3v) is 4.99. The number of aliphatic carboxylic acids is 1. The lowest BCUT2D eigenvalue weighted by molar-refractivity contribution is -0.147. The molecule has 0 unspecified atom stereocenters. The molecule has 0 fully saturated rings. The average molecular weight is 426 g/mol. The number of carbonyl (C=O) groups excluding carboxylic acids is 3. The first-order valence-corrected chi connectivity index (χ1v) is 9.91. The summed E-state index contributed by atoms with van der Waals surface area (Å²) >= 11 is 0. The highest BCUT2D eigenvalue weighted by atomic mass is 16.5. The van der Waals surface area contributed by atoms with Crippen molar-refractivity contribution in [3.8, 4) is 0 Å². The minimum Gasteiger partial charge on any atom is -0.477 e. The minimum absolute atomic E-state index is 0.0923. The molecule has 0 aromatic heterocycles. The molecule has 2 amide bonds. The second-order valence-electron chi connectivity index (χ2n) is 6.76. The third-order valence-electron chi connectivity index (χ3n) is 4.99. The van der Waals surface area contributed by atoms with E-state index in [0.29, 0.717) is 5.56 Å². The predicted octanol–water partition coefficient (Wildman–Crippen LogP) is 2.42. The second-order valence-corrected chi connectivity index (χ2v) is 6.76. The van der Waals surface area contributed by atoms with Gasteiger partial charge in [-0.15, -0.1) is 0 Å². The Hall–Kier alpha value is -3.68. The molecule has 0 radical (unpaired) electrons. The molecular weight excluding hydrogens is 400 g/mol. The van der Waals surface area contributed by atoms with Crippen LogP contribution in [0.15, 0.2) is 53.6 Å². The Labute approximate surface area is 181 Å². The number of hydrogen-bond acceptors (Lipinski definition) is 6. The first-order valence-electron chi connectivity index (χ1n) is 9.91. The van der Waals surface area contributed by atoms with Crippen LogP contribution in [0.5, 0.6) is 0 Å². The van der Waals surface area contributed by atoms with Crippen molar-refractivity contribution < 1.29 is 29.0 Å². The number of imide groups is 1. The van der Waals surface area contributed by atoms with E-state index < -0.39 is 29.3 Å². The minimum atomic E-state index is -1.43. The molecule has 1 N–H and O–H groups in total. The molecule has 1 aromatic rings. The molecule has 0 saturated carbocycles. The molecule has 0 aliphatic carbocycles. The van der Waals surface area contributed by atoms with E-state index in [1.165, 1.54) is 6.92 Å². The van der Waals surface area contributed by atoms with Gasteiger partial charge in [-0.25, -0.2) is 9.59 Å². The van der Waals surface area contributed by atoms with Gasteiger partial charge in [-0.2, -0.15) is 0 Å². The summed E-state index contributed by atoms with van der Waals surface area (Å²) in [6, 6.07) is 7.49. The van der Waals surface area contributed by atoms with Crippen LogP contribution in [0.1, 0.15) is 26.3 Å². The molecule has 0 spiro atoms. The van der Waals surface area contributed by atoms with Crippen LogP contribution >= 0.6 is 0 Å². The molecule has 0 bridgehead atoms. The van der Waals surface area contributed by atoms with Gasteiger partial charge in [0.05, 0.1) is 6.54 Å². The van der Waals surface area contributed by atoms with E-state index in [1.807, 2.05) is 24.3 Å². The lowest BCUT2D eigenvalue weighted by Crippen LogP contribution is -2.46. The summed E-state index contributed by atoms with van der Waals surface area (Å²) in [6.07, 6.45) is 2.52. The van der Waals surface area contributed by atoms with Crippen molar-refractivity contribution in [2.24, 2.45) is 0 Å². The van der Waals surface area contributed by atoms with Crippen LogP contribution in [0, 0.1) is 0 Å². The zero-order valence-corrected chi connectivity index (χ0v) is 17.9. The van der Waals surface area contributed by atoms with Gasteiger partial charge in [-0.3, -0.25) is 14.5 Å². The fourth-order valence-electron chi connectivity index (χ4n) is 3.29. The Morgan fingerprint density at radius 1 is 1.13 bits per heavy atom. The average Bonchev–Trinajstić information content (AvgIpc) is 2.75. The van der Waals surface area contributed by atoms with Crippen LogP contribution in [0.25, 0.3) is 6.08 Å². The number of nitrogens with zero attached hydrogens (tertiary/aromatic N) is 2. The highest BCUT2D eigenvalue weighted by molar-refractivity contribution is 6.27. The van der Waals surface area contributed by atoms with E-state index in [2.05, 4.69) is 25.3 Å². The van der Waals surface area contributed by atoms with E-state index in [9.17, 15) is 24.3 Å². The fourth-order valence-corrected chi connectivity index (χ4v) is 3.29. The summed E-state index contributed by atoms with van der Waals surface area (Å²) in [6.45, 7) is 9.99. The molecule has 1 aliphatic rings. The second kappa shape index (κ2) is 10.4. The van der Waals surface area contributed by atoms with Crippen LogP contribution in [-0.2, 0) is 23.9 Å². The number of anilines is 1. The number of benzene rings is 1. The number of carboxylic acids is 1. The van der Waals surface area contributed by atoms with Crippen molar-refractivity contribution in [3.63, 3.8) is 0 Å². The summed E-state index contributed by atoms with van der Waals surface area (Å²) in [5, 5.41) is 9.52. The monoisotopic (exact) mass is 426 g/mol. The maximum absolute atomic E-state index is 13.0. The van der Waals surface area contributed by atoms with E-state index in [4.69, 9.17) is 4.74 Å². The highest BCUT2D eigenvalue weighted by Crippen LogP contribution is 2.28. The van der Waals surface area contributed by atoms with Crippen molar-refractivity contribution in [1.29, 1.82) is 0 Å². The number of carbonyl (C=O) groups is 4. The molecule has 8 heteroatoms. The van der Waals surface area contributed by atoms with E-state index in [-0.39, 0.29) is 24.3 Å². The Balaban J connectivity index is 2.40. The van der Waals surface area contributed by atoms with Crippen molar-refractivity contribution in [2.75, 3.05) is 31.1 Å². The molecule has 0 saturated heterocycles. The number of ether oxygens (including phenoxy) is 1. The Morgan fingerprint density at radius 3 is 2.26 bits per heavy atom. The molecular formula is C23H26N2O6. The zero-order chi connectivity index (χ0) is 23.1. The van der Waals surface area contributed by atoms with Gasteiger partial charge in [0.25, 0.3) is 11.8 Å². The van der Waals surface area contributed by atoms with Crippen molar-refractivity contribution >= 4 is 35.5 Å². The summed E-state index contributed by atoms with van der Waals surface area (Å²) in [5.41, 5.74) is 1.43.